The Morgan fingerprint density at radius 2 is 2.06 bits per heavy atom. The molecule has 6 nitrogen and oxygen atoms in total. The molecule has 0 heterocycles. The van der Waals surface area contributed by atoms with Gasteiger partial charge in [0.1, 0.15) is 0 Å². The van der Waals surface area contributed by atoms with Crippen LogP contribution in [0.3, 0.4) is 0 Å². The lowest BCUT2D eigenvalue weighted by atomic mass is 10.2. The number of aromatic hydroxyl groups is 1. The summed E-state index contributed by atoms with van der Waals surface area (Å²) in [5, 5.41) is 19.5. The van der Waals surface area contributed by atoms with Gasteiger partial charge in [-0.2, -0.15) is 0 Å². The van der Waals surface area contributed by atoms with Gasteiger partial charge in [-0.25, -0.2) is 12.8 Å². The van der Waals surface area contributed by atoms with Crippen molar-refractivity contribution in [1.29, 1.82) is 0 Å². The molecular formula is C7H5ClFNO5S. The minimum absolute atomic E-state index is 0.457. The zero-order valence-electron chi connectivity index (χ0n) is 7.55. The van der Waals surface area contributed by atoms with E-state index in [0.717, 1.165) is 6.07 Å². The number of non-ortho nitro benzene ring substituents is 1. The number of phenols is 1. The standard InChI is InChI=1S/C7H5ClFNO5S/c8-16(14,15)3-4-1-5(10(12)13)2-6(9)7(4)11/h1-2,11H,3H2. The van der Waals surface area contributed by atoms with Crippen molar-refractivity contribution in [2.24, 2.45) is 0 Å². The summed E-state index contributed by atoms with van der Waals surface area (Å²) >= 11 is 0. The van der Waals surface area contributed by atoms with Gasteiger partial charge in [0.25, 0.3) is 5.69 Å². The van der Waals surface area contributed by atoms with E-state index in [4.69, 9.17) is 15.8 Å². The van der Waals surface area contributed by atoms with E-state index in [0.29, 0.717) is 6.07 Å². The Labute approximate surface area is 93.8 Å². The van der Waals surface area contributed by atoms with Gasteiger partial charge in [-0.15, -0.1) is 0 Å². The van der Waals surface area contributed by atoms with Crippen LogP contribution in [0.4, 0.5) is 10.1 Å². The molecule has 0 radical (unpaired) electrons. The molecule has 0 unspecified atom stereocenters. The number of benzene rings is 1. The first-order valence-electron chi connectivity index (χ1n) is 3.79. The molecular weight excluding hydrogens is 265 g/mol. The lowest BCUT2D eigenvalue weighted by Crippen LogP contribution is -1.99. The van der Waals surface area contributed by atoms with Crippen molar-refractivity contribution < 1.29 is 22.8 Å². The highest BCUT2D eigenvalue weighted by atomic mass is 35.7. The summed E-state index contributed by atoms with van der Waals surface area (Å²) in [6.45, 7) is 0. The Bertz CT molecular complexity index is 544. The number of nitrogens with zero attached hydrogens (tertiary/aromatic N) is 1. The van der Waals surface area contributed by atoms with Crippen molar-refractivity contribution in [2.45, 2.75) is 5.75 Å². The first kappa shape index (κ1) is 12.7. The summed E-state index contributed by atoms with van der Waals surface area (Å²) in [4.78, 5) is 9.45. The maximum absolute atomic E-state index is 13.0. The molecule has 16 heavy (non-hydrogen) atoms. The fraction of sp³-hybridized carbons (Fsp3) is 0.143. The third-order valence-corrected chi connectivity index (χ3v) is 2.65. The summed E-state index contributed by atoms with van der Waals surface area (Å²) in [6, 6.07) is 1.23. The zero-order chi connectivity index (χ0) is 12.5. The molecule has 1 rings (SSSR count). The zero-order valence-corrected chi connectivity index (χ0v) is 9.13. The molecule has 0 saturated carbocycles. The molecule has 1 N–H and O–H groups in total. The van der Waals surface area contributed by atoms with Crippen LogP contribution in [0, 0.1) is 15.9 Å². The van der Waals surface area contributed by atoms with Gasteiger partial charge in [-0.05, 0) is 0 Å². The second-order valence-electron chi connectivity index (χ2n) is 2.88. The molecule has 0 atom stereocenters. The number of hydrogen-bond donors (Lipinski definition) is 1. The predicted molar refractivity (Wildman–Crippen MR) is 53.2 cm³/mol. The number of phenolic OH excluding ortho intramolecular Hbond substituents is 1. The third kappa shape index (κ3) is 3.04. The molecule has 0 amide bonds. The highest BCUT2D eigenvalue weighted by molar-refractivity contribution is 8.13. The summed E-state index contributed by atoms with van der Waals surface area (Å²) in [7, 11) is 0.857. The molecule has 0 aliphatic carbocycles. The van der Waals surface area contributed by atoms with Crippen LogP contribution in [-0.4, -0.2) is 18.4 Å². The van der Waals surface area contributed by atoms with E-state index in [1.54, 1.807) is 0 Å². The van der Waals surface area contributed by atoms with E-state index in [1.807, 2.05) is 0 Å². The Kier molecular flexibility index (Phi) is 3.34. The van der Waals surface area contributed by atoms with Crippen molar-refractivity contribution in [3.8, 4) is 5.75 Å². The van der Waals surface area contributed by atoms with E-state index in [9.17, 15) is 22.9 Å². The number of rotatable bonds is 3. The average molecular weight is 270 g/mol. The number of halogens is 2. The monoisotopic (exact) mass is 269 g/mol. The Morgan fingerprint density at radius 1 is 1.50 bits per heavy atom. The predicted octanol–water partition coefficient (Wildman–Crippen LogP) is 1.51. The minimum Gasteiger partial charge on any atom is -0.505 e. The van der Waals surface area contributed by atoms with Crippen LogP contribution in [0.5, 0.6) is 5.75 Å². The molecule has 0 spiro atoms. The van der Waals surface area contributed by atoms with Gasteiger partial charge in [0.2, 0.25) is 9.05 Å². The Balaban J connectivity index is 3.33. The van der Waals surface area contributed by atoms with Crippen LogP contribution in [-0.2, 0) is 14.8 Å². The Hall–Kier alpha value is -1.41. The van der Waals surface area contributed by atoms with Gasteiger partial charge in [-0.3, -0.25) is 10.1 Å². The topological polar surface area (TPSA) is 97.5 Å². The van der Waals surface area contributed by atoms with Gasteiger partial charge >= 0.3 is 0 Å². The van der Waals surface area contributed by atoms with Crippen LogP contribution < -0.4 is 0 Å². The summed E-state index contributed by atoms with van der Waals surface area (Å²) < 4.78 is 34.4. The second kappa shape index (κ2) is 4.22. The van der Waals surface area contributed by atoms with Crippen molar-refractivity contribution in [2.75, 3.05) is 0 Å². The van der Waals surface area contributed by atoms with E-state index < -0.39 is 42.5 Å². The van der Waals surface area contributed by atoms with Crippen LogP contribution in [0.2, 0.25) is 0 Å². The minimum atomic E-state index is -4.04. The van der Waals surface area contributed by atoms with Gasteiger partial charge in [0.05, 0.1) is 16.7 Å². The maximum Gasteiger partial charge on any atom is 0.272 e. The summed E-state index contributed by atoms with van der Waals surface area (Å²) in [5.41, 5.74) is -1.12. The lowest BCUT2D eigenvalue weighted by molar-refractivity contribution is -0.385. The fourth-order valence-electron chi connectivity index (χ4n) is 1.04. The van der Waals surface area contributed by atoms with Gasteiger partial charge < -0.3 is 5.11 Å². The number of nitro groups is 1. The molecule has 88 valence electrons. The van der Waals surface area contributed by atoms with Crippen LogP contribution >= 0.6 is 10.7 Å². The van der Waals surface area contributed by atoms with Crippen LogP contribution in [0.1, 0.15) is 5.56 Å². The van der Waals surface area contributed by atoms with Gasteiger partial charge in [0.15, 0.2) is 11.6 Å². The van der Waals surface area contributed by atoms with Crippen molar-refractivity contribution in [3.05, 3.63) is 33.6 Å². The second-order valence-corrected chi connectivity index (χ2v) is 5.65. The highest BCUT2D eigenvalue weighted by Gasteiger charge is 2.19. The molecule has 0 aliphatic heterocycles. The van der Waals surface area contributed by atoms with E-state index in [-0.39, 0.29) is 0 Å². The fourth-order valence-corrected chi connectivity index (χ4v) is 1.99. The number of hydrogen-bond acceptors (Lipinski definition) is 5. The number of nitro benzene ring substituents is 1. The summed E-state index contributed by atoms with van der Waals surface area (Å²) in [5.74, 6) is -3.13. The smallest absolute Gasteiger partial charge is 0.272 e. The normalized spacial score (nSPS) is 11.4. The van der Waals surface area contributed by atoms with Crippen molar-refractivity contribution >= 4 is 25.4 Å². The van der Waals surface area contributed by atoms with Gasteiger partial charge in [0, 0.05) is 22.3 Å². The molecule has 0 aliphatic rings. The first-order chi connectivity index (χ1) is 7.20. The molecule has 0 bridgehead atoms. The lowest BCUT2D eigenvalue weighted by Gasteiger charge is -2.03. The van der Waals surface area contributed by atoms with E-state index >= 15 is 0 Å². The molecule has 0 saturated heterocycles. The van der Waals surface area contributed by atoms with Crippen LogP contribution in [0.15, 0.2) is 12.1 Å². The van der Waals surface area contributed by atoms with E-state index in [1.165, 1.54) is 0 Å². The first-order valence-corrected chi connectivity index (χ1v) is 6.26. The molecule has 1 aromatic rings. The SMILES string of the molecule is O=[N+]([O-])c1cc(F)c(O)c(CS(=O)(=O)Cl)c1. The van der Waals surface area contributed by atoms with E-state index in [2.05, 4.69) is 0 Å². The van der Waals surface area contributed by atoms with Crippen LogP contribution in [0.25, 0.3) is 0 Å². The molecule has 0 fully saturated rings. The molecule has 9 heteroatoms. The average Bonchev–Trinajstić information content (AvgIpc) is 2.10. The molecule has 0 aromatic heterocycles. The molecule has 1 aromatic carbocycles. The van der Waals surface area contributed by atoms with Crippen molar-refractivity contribution in [3.63, 3.8) is 0 Å². The Morgan fingerprint density at radius 3 is 2.50 bits per heavy atom. The van der Waals surface area contributed by atoms with Gasteiger partial charge in [-0.1, -0.05) is 0 Å². The largest absolute Gasteiger partial charge is 0.505 e. The summed E-state index contributed by atoms with van der Waals surface area (Å²) in [6.07, 6.45) is 0. The third-order valence-electron chi connectivity index (χ3n) is 1.67. The quantitative estimate of drug-likeness (QED) is 0.509. The maximum atomic E-state index is 13.0. The highest BCUT2D eigenvalue weighted by Crippen LogP contribution is 2.29. The van der Waals surface area contributed by atoms with Crippen molar-refractivity contribution in [1.82, 2.24) is 0 Å².